The number of nitriles is 1. The maximum atomic E-state index is 8.56. The Morgan fingerprint density at radius 3 is 1.54 bits per heavy atom. The Bertz CT molecular complexity index is 503. The van der Waals surface area contributed by atoms with Crippen LogP contribution in [0.5, 0.6) is 0 Å². The highest BCUT2D eigenvalue weighted by atomic mass is 15.1. The smallest absolute Gasteiger partial charge is 0.0866 e. The van der Waals surface area contributed by atoms with E-state index in [-0.39, 0.29) is 0 Å². The molecule has 0 aromatic rings. The molecule has 0 spiro atoms. The lowest BCUT2D eigenvalue weighted by Gasteiger charge is -2.27. The molecule has 148 valence electrons. The Labute approximate surface area is 162 Å². The minimum Gasteiger partial charge on any atom is -0.306 e. The zero-order valence-corrected chi connectivity index (χ0v) is 18.4. The van der Waals surface area contributed by atoms with Crippen LogP contribution in [0.4, 0.5) is 0 Å². The van der Waals surface area contributed by atoms with E-state index in [1.807, 2.05) is 0 Å². The molecule has 3 heteroatoms. The fourth-order valence-electron chi connectivity index (χ4n) is 3.52. The van der Waals surface area contributed by atoms with Gasteiger partial charge in [0.05, 0.1) is 12.6 Å². The van der Waals surface area contributed by atoms with Gasteiger partial charge in [0.1, 0.15) is 0 Å². The third kappa shape index (κ3) is 10.8. The zero-order chi connectivity index (χ0) is 19.8. The van der Waals surface area contributed by atoms with Gasteiger partial charge < -0.3 is 4.90 Å². The number of rotatable bonds is 1. The number of likely N-dealkylation sites (tertiary alicyclic amines) is 2. The van der Waals surface area contributed by atoms with Crippen molar-refractivity contribution in [2.24, 2.45) is 10.8 Å². The van der Waals surface area contributed by atoms with Gasteiger partial charge in [-0.3, -0.25) is 4.90 Å². The number of nitrogens with zero attached hydrogens (tertiary/aromatic N) is 3. The minimum absolute atomic E-state index is 0.298. The number of allylic oxidation sites excluding steroid dienone is 2. The molecular weight excluding hydrogens is 318 g/mol. The van der Waals surface area contributed by atoms with Crippen LogP contribution in [0.15, 0.2) is 23.3 Å². The lowest BCUT2D eigenvalue weighted by atomic mass is 9.90. The van der Waals surface area contributed by atoms with Crippen LogP contribution in [0.2, 0.25) is 0 Å². The molecule has 0 atom stereocenters. The van der Waals surface area contributed by atoms with Gasteiger partial charge in [0.25, 0.3) is 0 Å². The van der Waals surface area contributed by atoms with Gasteiger partial charge in [0.2, 0.25) is 0 Å². The maximum absolute atomic E-state index is 8.56. The first-order chi connectivity index (χ1) is 12.0. The van der Waals surface area contributed by atoms with Crippen LogP contribution in [0.25, 0.3) is 0 Å². The van der Waals surface area contributed by atoms with E-state index in [0.717, 1.165) is 25.9 Å². The van der Waals surface area contributed by atoms with Gasteiger partial charge in [0, 0.05) is 26.2 Å². The summed E-state index contributed by atoms with van der Waals surface area (Å²) in [6.07, 6.45) is 9.65. The predicted octanol–water partition coefficient (Wildman–Crippen LogP) is 5.26. The van der Waals surface area contributed by atoms with Gasteiger partial charge in [-0.05, 0) is 43.6 Å². The van der Waals surface area contributed by atoms with Crippen molar-refractivity contribution in [3.8, 4) is 6.07 Å². The quantitative estimate of drug-likeness (QED) is 0.472. The van der Waals surface area contributed by atoms with Crippen LogP contribution in [-0.4, -0.2) is 49.6 Å². The normalized spacial score (nSPS) is 20.1. The van der Waals surface area contributed by atoms with Gasteiger partial charge >= 0.3 is 0 Å². The molecule has 0 aliphatic carbocycles. The number of hydrogen-bond acceptors (Lipinski definition) is 3. The average molecular weight is 360 g/mol. The summed E-state index contributed by atoms with van der Waals surface area (Å²) in [5.41, 5.74) is 3.88. The average Bonchev–Trinajstić information content (AvgIpc) is 2.50. The number of hydrogen-bond donors (Lipinski definition) is 0. The van der Waals surface area contributed by atoms with Crippen LogP contribution < -0.4 is 0 Å². The SMILES string of the molecule is CC(C)(C)C=C1CCN(CC#N)CC1.CN1CCC(=CC(C)(C)C)CC1. The van der Waals surface area contributed by atoms with Crippen molar-refractivity contribution in [3.63, 3.8) is 0 Å². The summed E-state index contributed by atoms with van der Waals surface area (Å²) in [6, 6.07) is 2.21. The first-order valence-electron chi connectivity index (χ1n) is 10.2. The maximum Gasteiger partial charge on any atom is 0.0866 e. The monoisotopic (exact) mass is 359 g/mol. The molecule has 0 amide bonds. The van der Waals surface area contributed by atoms with E-state index in [0.29, 0.717) is 17.4 Å². The molecule has 0 radical (unpaired) electrons. The molecular formula is C23H41N3. The van der Waals surface area contributed by atoms with Crippen molar-refractivity contribution >= 4 is 0 Å². The molecule has 2 rings (SSSR count). The summed E-state index contributed by atoms with van der Waals surface area (Å²) in [6.45, 7) is 18.7. The first kappa shape index (κ1) is 22.9. The van der Waals surface area contributed by atoms with Gasteiger partial charge in [-0.1, -0.05) is 64.8 Å². The van der Waals surface area contributed by atoms with E-state index < -0.39 is 0 Å². The first-order valence-corrected chi connectivity index (χ1v) is 10.2. The molecule has 2 fully saturated rings. The van der Waals surface area contributed by atoms with Crippen LogP contribution >= 0.6 is 0 Å². The fraction of sp³-hybridized carbons (Fsp3) is 0.783. The minimum atomic E-state index is 0.298. The lowest BCUT2D eigenvalue weighted by molar-refractivity contribution is 0.284. The second-order valence-corrected chi connectivity index (χ2v) is 10.1. The molecule has 0 unspecified atom stereocenters. The molecule has 2 aliphatic heterocycles. The molecule has 0 aromatic carbocycles. The van der Waals surface area contributed by atoms with Crippen molar-refractivity contribution in [1.82, 2.24) is 9.80 Å². The van der Waals surface area contributed by atoms with Crippen LogP contribution in [0.3, 0.4) is 0 Å². The summed E-state index contributed by atoms with van der Waals surface area (Å²) in [7, 11) is 2.20. The van der Waals surface area contributed by atoms with E-state index in [4.69, 9.17) is 5.26 Å². The Kier molecular flexibility index (Phi) is 9.07. The third-order valence-electron chi connectivity index (χ3n) is 4.70. The van der Waals surface area contributed by atoms with Crippen LogP contribution in [-0.2, 0) is 0 Å². The van der Waals surface area contributed by atoms with E-state index in [1.165, 1.54) is 25.9 Å². The van der Waals surface area contributed by atoms with Gasteiger partial charge in [0.15, 0.2) is 0 Å². The van der Waals surface area contributed by atoms with E-state index in [9.17, 15) is 0 Å². The zero-order valence-electron chi connectivity index (χ0n) is 18.4. The van der Waals surface area contributed by atoms with Crippen molar-refractivity contribution < 1.29 is 0 Å². The summed E-state index contributed by atoms with van der Waals surface area (Å²) in [4.78, 5) is 4.62. The Balaban J connectivity index is 0.000000263. The Morgan fingerprint density at radius 2 is 1.19 bits per heavy atom. The molecule has 0 saturated carbocycles. The summed E-state index contributed by atoms with van der Waals surface area (Å²) in [5.74, 6) is 0. The van der Waals surface area contributed by atoms with Gasteiger partial charge in [-0.2, -0.15) is 5.26 Å². The van der Waals surface area contributed by atoms with Gasteiger partial charge in [-0.15, -0.1) is 0 Å². The summed E-state index contributed by atoms with van der Waals surface area (Å²) >= 11 is 0. The Morgan fingerprint density at radius 1 is 0.808 bits per heavy atom. The van der Waals surface area contributed by atoms with Crippen molar-refractivity contribution in [2.45, 2.75) is 67.2 Å². The molecule has 2 saturated heterocycles. The van der Waals surface area contributed by atoms with Crippen LogP contribution in [0.1, 0.15) is 67.2 Å². The molecule has 2 heterocycles. The van der Waals surface area contributed by atoms with E-state index >= 15 is 0 Å². The fourth-order valence-corrected chi connectivity index (χ4v) is 3.52. The summed E-state index contributed by atoms with van der Waals surface area (Å²) in [5, 5.41) is 8.56. The third-order valence-corrected chi connectivity index (χ3v) is 4.70. The highest BCUT2D eigenvalue weighted by molar-refractivity contribution is 5.10. The second kappa shape index (κ2) is 10.3. The number of piperidine rings is 2. The van der Waals surface area contributed by atoms with Crippen molar-refractivity contribution in [1.29, 1.82) is 5.26 Å². The van der Waals surface area contributed by atoms with E-state index in [2.05, 4.69) is 76.6 Å². The predicted molar refractivity (Wildman–Crippen MR) is 113 cm³/mol. The standard InChI is InChI=1S/C12H20N2.C11H21N/c1-12(2,3)10-11-4-7-14(8-5-11)9-6-13;1-11(2,3)9-10-5-7-12(4)8-6-10/h10H,4-5,7-9H2,1-3H3;9H,5-8H2,1-4H3. The molecule has 2 aliphatic rings. The van der Waals surface area contributed by atoms with Crippen molar-refractivity contribution in [2.75, 3.05) is 39.8 Å². The Hall–Kier alpha value is -1.11. The van der Waals surface area contributed by atoms with E-state index in [1.54, 1.807) is 11.1 Å². The molecule has 3 nitrogen and oxygen atoms in total. The van der Waals surface area contributed by atoms with Gasteiger partial charge in [-0.25, -0.2) is 0 Å². The summed E-state index contributed by atoms with van der Waals surface area (Å²) < 4.78 is 0. The highest BCUT2D eigenvalue weighted by Gasteiger charge is 2.16. The molecule has 0 aromatic heterocycles. The second-order valence-electron chi connectivity index (χ2n) is 10.1. The molecule has 0 bridgehead atoms. The largest absolute Gasteiger partial charge is 0.306 e. The highest BCUT2D eigenvalue weighted by Crippen LogP contribution is 2.24. The molecule has 26 heavy (non-hydrogen) atoms. The molecule has 0 N–H and O–H groups in total. The van der Waals surface area contributed by atoms with Crippen LogP contribution in [0, 0.1) is 22.2 Å². The topological polar surface area (TPSA) is 30.3 Å². The van der Waals surface area contributed by atoms with Crippen molar-refractivity contribution in [3.05, 3.63) is 23.3 Å². The lowest BCUT2D eigenvalue weighted by Crippen LogP contribution is -2.31.